The Morgan fingerprint density at radius 3 is 2.45 bits per heavy atom. The van der Waals surface area contributed by atoms with Crippen molar-refractivity contribution in [2.75, 3.05) is 14.2 Å². The van der Waals surface area contributed by atoms with E-state index in [1.54, 1.807) is 26.4 Å². The summed E-state index contributed by atoms with van der Waals surface area (Å²) in [5.41, 5.74) is 2.52. The van der Waals surface area contributed by atoms with Gasteiger partial charge in [-0.3, -0.25) is 4.79 Å². The first-order valence-electron chi connectivity index (χ1n) is 6.79. The lowest BCUT2D eigenvalue weighted by atomic mass is 9.92. The van der Waals surface area contributed by atoms with Gasteiger partial charge in [0, 0.05) is 23.5 Å². The van der Waals surface area contributed by atoms with E-state index in [9.17, 15) is 4.79 Å². The molecule has 114 valence electrons. The van der Waals surface area contributed by atoms with Crippen molar-refractivity contribution in [1.29, 1.82) is 0 Å². The number of fused-ring (bicyclic) bond motifs is 1. The molecule has 1 aliphatic rings. The summed E-state index contributed by atoms with van der Waals surface area (Å²) in [5.74, 6) is 1.20. The third-order valence-electron chi connectivity index (χ3n) is 3.99. The summed E-state index contributed by atoms with van der Waals surface area (Å²) in [5, 5.41) is 0.803. The van der Waals surface area contributed by atoms with E-state index in [4.69, 9.17) is 32.7 Å². The van der Waals surface area contributed by atoms with Gasteiger partial charge in [-0.1, -0.05) is 35.3 Å². The largest absolute Gasteiger partial charge is 0.497 e. The van der Waals surface area contributed by atoms with Gasteiger partial charge in [-0.2, -0.15) is 0 Å². The first kappa shape index (κ1) is 15.2. The number of ether oxygens (including phenoxy) is 2. The van der Waals surface area contributed by atoms with Gasteiger partial charge in [0.2, 0.25) is 0 Å². The Morgan fingerprint density at radius 2 is 1.77 bits per heavy atom. The van der Waals surface area contributed by atoms with Crippen LogP contribution in [0.1, 0.15) is 33.8 Å². The van der Waals surface area contributed by atoms with Crippen LogP contribution >= 0.6 is 23.2 Å². The van der Waals surface area contributed by atoms with Gasteiger partial charge >= 0.3 is 0 Å². The summed E-state index contributed by atoms with van der Waals surface area (Å²) in [6.45, 7) is 0. The number of hydrogen-bond acceptors (Lipinski definition) is 3. The Kier molecular flexibility index (Phi) is 4.02. The van der Waals surface area contributed by atoms with Crippen LogP contribution < -0.4 is 9.47 Å². The Labute approximate surface area is 138 Å². The van der Waals surface area contributed by atoms with Crippen LogP contribution in [0.4, 0.5) is 0 Å². The molecule has 0 unspecified atom stereocenters. The van der Waals surface area contributed by atoms with Crippen molar-refractivity contribution in [3.8, 4) is 11.5 Å². The van der Waals surface area contributed by atoms with Crippen molar-refractivity contribution >= 4 is 29.0 Å². The predicted octanol–water partition coefficient (Wildman–Crippen LogP) is 4.73. The Bertz CT molecular complexity index is 756. The number of rotatable bonds is 3. The zero-order valence-corrected chi connectivity index (χ0v) is 13.7. The van der Waals surface area contributed by atoms with Gasteiger partial charge in [0.1, 0.15) is 16.5 Å². The average molecular weight is 337 g/mol. The molecule has 5 heteroatoms. The van der Waals surface area contributed by atoms with Gasteiger partial charge in [-0.25, -0.2) is 0 Å². The molecule has 0 amide bonds. The van der Waals surface area contributed by atoms with Crippen LogP contribution in [0.2, 0.25) is 10.0 Å². The van der Waals surface area contributed by atoms with E-state index in [0.717, 1.165) is 11.1 Å². The summed E-state index contributed by atoms with van der Waals surface area (Å²) >= 11 is 12.3. The van der Waals surface area contributed by atoms with Gasteiger partial charge in [0.05, 0.1) is 19.2 Å². The van der Waals surface area contributed by atoms with E-state index in [0.29, 0.717) is 33.5 Å². The predicted molar refractivity (Wildman–Crippen MR) is 86.8 cm³/mol. The molecule has 0 saturated heterocycles. The lowest BCUT2D eigenvalue weighted by molar-refractivity contribution is 0.0991. The Morgan fingerprint density at radius 1 is 1.05 bits per heavy atom. The maximum absolute atomic E-state index is 12.3. The molecule has 0 saturated carbocycles. The molecule has 0 fully saturated rings. The zero-order chi connectivity index (χ0) is 15.9. The van der Waals surface area contributed by atoms with Gasteiger partial charge in [0.25, 0.3) is 0 Å². The Hall–Kier alpha value is -1.71. The first-order chi connectivity index (χ1) is 10.6. The molecule has 2 aromatic carbocycles. The third-order valence-corrected chi connectivity index (χ3v) is 4.77. The molecule has 0 aromatic heterocycles. The normalized spacial score (nSPS) is 16.5. The summed E-state index contributed by atoms with van der Waals surface area (Å²) < 4.78 is 10.6. The Balaban J connectivity index is 2.13. The van der Waals surface area contributed by atoms with E-state index < -0.39 is 0 Å². The number of carbonyl (C=O) groups excluding carboxylic acids is 1. The third kappa shape index (κ3) is 2.34. The van der Waals surface area contributed by atoms with Gasteiger partial charge in [-0.15, -0.1) is 0 Å². The fraction of sp³-hybridized carbons (Fsp3) is 0.235. The molecule has 1 aliphatic carbocycles. The molecule has 0 heterocycles. The summed E-state index contributed by atoms with van der Waals surface area (Å²) in [4.78, 5) is 12.3. The van der Waals surface area contributed by atoms with Crippen LogP contribution in [0.5, 0.6) is 11.5 Å². The summed E-state index contributed by atoms with van der Waals surface area (Å²) in [7, 11) is 3.13. The van der Waals surface area contributed by atoms with Gasteiger partial charge < -0.3 is 9.47 Å². The number of benzene rings is 2. The van der Waals surface area contributed by atoms with Crippen LogP contribution in [-0.4, -0.2) is 20.0 Å². The highest BCUT2D eigenvalue weighted by Gasteiger charge is 2.33. The highest BCUT2D eigenvalue weighted by atomic mass is 35.5. The molecule has 0 spiro atoms. The van der Waals surface area contributed by atoms with Crippen molar-refractivity contribution in [2.24, 2.45) is 0 Å². The number of halogens is 2. The smallest absolute Gasteiger partial charge is 0.164 e. The van der Waals surface area contributed by atoms with Crippen LogP contribution in [0.15, 0.2) is 30.3 Å². The van der Waals surface area contributed by atoms with Crippen molar-refractivity contribution in [3.05, 3.63) is 57.1 Å². The molecule has 2 aromatic rings. The molecule has 22 heavy (non-hydrogen) atoms. The maximum atomic E-state index is 12.3. The minimum atomic E-state index is -0.0851. The first-order valence-corrected chi connectivity index (χ1v) is 7.55. The molecule has 0 aliphatic heterocycles. The van der Waals surface area contributed by atoms with E-state index in [1.165, 1.54) is 0 Å². The second-order valence-electron chi connectivity index (χ2n) is 5.12. The highest BCUT2D eigenvalue weighted by Crippen LogP contribution is 2.46. The van der Waals surface area contributed by atoms with Crippen molar-refractivity contribution in [3.63, 3.8) is 0 Å². The standard InChI is InChI=1S/C17H14Cl2O3/c1-21-9-3-4-10-12(8-15(20)13(10)7-9)11-5-6-14(18)16(19)17(11)22-2/h3-7,12H,8H2,1-2H3/t12-/m1/s1. The van der Waals surface area contributed by atoms with E-state index in [2.05, 4.69) is 0 Å². The molecule has 3 nitrogen and oxygen atoms in total. The summed E-state index contributed by atoms with van der Waals surface area (Å²) in [6, 6.07) is 9.15. The fourth-order valence-electron chi connectivity index (χ4n) is 2.92. The van der Waals surface area contributed by atoms with E-state index in [1.807, 2.05) is 18.2 Å². The summed E-state index contributed by atoms with van der Waals surface area (Å²) in [6.07, 6.45) is 0.386. The van der Waals surface area contributed by atoms with Crippen LogP contribution in [0.3, 0.4) is 0 Å². The average Bonchev–Trinajstić information content (AvgIpc) is 2.86. The van der Waals surface area contributed by atoms with E-state index >= 15 is 0 Å². The highest BCUT2D eigenvalue weighted by molar-refractivity contribution is 6.43. The lowest BCUT2D eigenvalue weighted by Crippen LogP contribution is -2.01. The number of ketones is 1. The van der Waals surface area contributed by atoms with Crippen molar-refractivity contribution in [2.45, 2.75) is 12.3 Å². The molecular weight excluding hydrogens is 323 g/mol. The molecule has 1 atom stereocenters. The maximum Gasteiger partial charge on any atom is 0.164 e. The number of carbonyl (C=O) groups is 1. The van der Waals surface area contributed by atoms with Crippen molar-refractivity contribution < 1.29 is 14.3 Å². The molecule has 3 rings (SSSR count). The minimum Gasteiger partial charge on any atom is -0.497 e. The SMILES string of the molecule is COc1ccc2c(c1)C(=O)C[C@H]2c1ccc(Cl)c(Cl)c1OC. The van der Waals surface area contributed by atoms with Crippen LogP contribution in [0, 0.1) is 0 Å². The molecular formula is C17H14Cl2O3. The second kappa shape index (κ2) is 5.82. The lowest BCUT2D eigenvalue weighted by Gasteiger charge is -2.17. The van der Waals surface area contributed by atoms with E-state index in [-0.39, 0.29) is 11.7 Å². The molecule has 0 bridgehead atoms. The van der Waals surface area contributed by atoms with Gasteiger partial charge in [0.15, 0.2) is 5.78 Å². The minimum absolute atomic E-state index is 0.0851. The topological polar surface area (TPSA) is 35.5 Å². The van der Waals surface area contributed by atoms with Gasteiger partial charge in [-0.05, 0) is 23.8 Å². The second-order valence-corrected chi connectivity index (χ2v) is 5.90. The van der Waals surface area contributed by atoms with Crippen molar-refractivity contribution in [1.82, 2.24) is 0 Å². The molecule has 0 N–H and O–H groups in total. The number of hydrogen-bond donors (Lipinski definition) is 0. The van der Waals surface area contributed by atoms with Crippen LogP contribution in [-0.2, 0) is 0 Å². The molecule has 0 radical (unpaired) electrons. The fourth-order valence-corrected chi connectivity index (χ4v) is 3.32. The number of methoxy groups -OCH3 is 2. The monoisotopic (exact) mass is 336 g/mol. The number of Topliss-reactive ketones (excluding diaryl/α,β-unsaturated/α-hetero) is 1. The zero-order valence-electron chi connectivity index (χ0n) is 12.2. The quantitative estimate of drug-likeness (QED) is 0.812. The van der Waals surface area contributed by atoms with Crippen LogP contribution in [0.25, 0.3) is 0 Å².